The molecule has 1 heterocycles. The van der Waals surface area contributed by atoms with Crippen molar-refractivity contribution in [1.29, 1.82) is 0 Å². The molecule has 1 nitrogen and oxygen atoms in total. The van der Waals surface area contributed by atoms with E-state index in [0.29, 0.717) is 0 Å². The van der Waals surface area contributed by atoms with E-state index in [1.807, 2.05) is 54.6 Å². The van der Waals surface area contributed by atoms with Crippen molar-refractivity contribution in [3.8, 4) is 22.5 Å². The van der Waals surface area contributed by atoms with E-state index >= 15 is 0 Å². The Kier molecular flexibility index (Phi) is 3.45. The Labute approximate surface area is 119 Å². The van der Waals surface area contributed by atoms with Crippen LogP contribution in [0.4, 0.5) is 0 Å². The Balaban J connectivity index is 2.15. The molecule has 3 aromatic rings. The van der Waals surface area contributed by atoms with Crippen LogP contribution in [0.25, 0.3) is 22.5 Å². The Hall–Kier alpha value is -1.89. The van der Waals surface area contributed by atoms with Crippen LogP contribution in [0.2, 0.25) is 0 Å². The Bertz CT molecular complexity index is 669. The van der Waals surface area contributed by atoms with E-state index in [1.165, 1.54) is 5.56 Å². The molecule has 0 radical (unpaired) electrons. The van der Waals surface area contributed by atoms with Gasteiger partial charge in [-0.15, -0.1) is 0 Å². The minimum absolute atomic E-state index is 0.792. The SMILES string of the molecule is [Se]=c1cc(-c2ccccc2)cc(-c2ccccc2)o1. The molecular formula is C17H12OSe. The van der Waals surface area contributed by atoms with E-state index in [-0.39, 0.29) is 0 Å². The molecule has 0 amide bonds. The van der Waals surface area contributed by atoms with Gasteiger partial charge in [0.25, 0.3) is 0 Å². The summed E-state index contributed by atoms with van der Waals surface area (Å²) >= 11 is 2.96. The third-order valence-corrected chi connectivity index (χ3v) is 3.36. The second-order valence-corrected chi connectivity index (χ2v) is 5.11. The fourth-order valence-electron chi connectivity index (χ4n) is 2.02. The van der Waals surface area contributed by atoms with Crippen molar-refractivity contribution in [2.75, 3.05) is 0 Å². The molecule has 0 aliphatic rings. The van der Waals surface area contributed by atoms with Crippen LogP contribution >= 0.6 is 0 Å². The molecule has 0 bridgehead atoms. The molecule has 19 heavy (non-hydrogen) atoms. The van der Waals surface area contributed by atoms with Crippen LogP contribution in [-0.4, -0.2) is 15.6 Å². The fraction of sp³-hybridized carbons (Fsp3) is 0. The number of rotatable bonds is 2. The van der Waals surface area contributed by atoms with Crippen LogP contribution in [-0.2, 0) is 0 Å². The summed E-state index contributed by atoms with van der Waals surface area (Å²) in [7, 11) is 0. The molecule has 0 N–H and O–H groups in total. The van der Waals surface area contributed by atoms with Crippen LogP contribution < -0.4 is 0 Å². The number of benzene rings is 2. The normalized spacial score (nSPS) is 10.3. The first-order valence-electron chi connectivity index (χ1n) is 6.09. The average molecular weight is 311 g/mol. The van der Waals surface area contributed by atoms with Crippen LogP contribution in [0, 0.1) is 4.26 Å². The summed E-state index contributed by atoms with van der Waals surface area (Å²) in [6.07, 6.45) is 0. The molecule has 0 unspecified atom stereocenters. The molecule has 0 atom stereocenters. The summed E-state index contributed by atoms with van der Waals surface area (Å²) < 4.78 is 6.56. The first kappa shape index (κ1) is 12.2. The van der Waals surface area contributed by atoms with Crippen molar-refractivity contribution in [3.63, 3.8) is 0 Å². The monoisotopic (exact) mass is 312 g/mol. The van der Waals surface area contributed by atoms with Gasteiger partial charge in [0, 0.05) is 0 Å². The van der Waals surface area contributed by atoms with Gasteiger partial charge in [-0.05, 0) is 0 Å². The zero-order chi connectivity index (χ0) is 13.1. The van der Waals surface area contributed by atoms with Gasteiger partial charge >= 0.3 is 119 Å². The summed E-state index contributed by atoms with van der Waals surface area (Å²) in [5.41, 5.74) is 3.42. The maximum absolute atomic E-state index is 5.77. The van der Waals surface area contributed by atoms with E-state index in [9.17, 15) is 0 Å². The van der Waals surface area contributed by atoms with E-state index < -0.39 is 0 Å². The summed E-state index contributed by atoms with van der Waals surface area (Å²) in [5, 5.41) is 0. The predicted molar refractivity (Wildman–Crippen MR) is 78.6 cm³/mol. The molecule has 0 spiro atoms. The third kappa shape index (κ3) is 2.76. The first-order chi connectivity index (χ1) is 9.33. The number of hydrogen-bond acceptors (Lipinski definition) is 1. The molecule has 0 aliphatic carbocycles. The van der Waals surface area contributed by atoms with Crippen molar-refractivity contribution in [2.45, 2.75) is 0 Å². The van der Waals surface area contributed by atoms with Gasteiger partial charge in [-0.3, -0.25) is 0 Å². The van der Waals surface area contributed by atoms with Gasteiger partial charge in [0.15, 0.2) is 0 Å². The summed E-state index contributed by atoms with van der Waals surface area (Å²) in [6, 6.07) is 24.5. The summed E-state index contributed by atoms with van der Waals surface area (Å²) in [6.45, 7) is 0. The van der Waals surface area contributed by atoms with Gasteiger partial charge in [0.05, 0.1) is 0 Å². The molecule has 2 heteroatoms. The van der Waals surface area contributed by atoms with Gasteiger partial charge in [-0.2, -0.15) is 0 Å². The minimum atomic E-state index is 0.792. The van der Waals surface area contributed by atoms with Crippen LogP contribution in [0.1, 0.15) is 0 Å². The average Bonchev–Trinajstić information content (AvgIpc) is 2.48. The van der Waals surface area contributed by atoms with Crippen molar-refractivity contribution in [1.82, 2.24) is 0 Å². The van der Waals surface area contributed by atoms with Crippen LogP contribution in [0.3, 0.4) is 0 Å². The van der Waals surface area contributed by atoms with Gasteiger partial charge in [-0.25, -0.2) is 0 Å². The predicted octanol–water partition coefficient (Wildman–Crippen LogP) is 4.31. The van der Waals surface area contributed by atoms with E-state index in [1.54, 1.807) is 0 Å². The zero-order valence-corrected chi connectivity index (χ0v) is 12.0. The maximum atomic E-state index is 5.77. The van der Waals surface area contributed by atoms with E-state index in [4.69, 9.17) is 4.42 Å². The molecule has 0 aliphatic heterocycles. The molecule has 0 fully saturated rings. The van der Waals surface area contributed by atoms with Crippen LogP contribution in [0.5, 0.6) is 0 Å². The molecule has 2 aromatic carbocycles. The van der Waals surface area contributed by atoms with Crippen molar-refractivity contribution in [2.24, 2.45) is 0 Å². The molecule has 3 rings (SSSR count). The summed E-state index contributed by atoms with van der Waals surface area (Å²) in [5.74, 6) is 0.871. The molecule has 0 saturated carbocycles. The Morgan fingerprint density at radius 3 is 1.84 bits per heavy atom. The van der Waals surface area contributed by atoms with Gasteiger partial charge in [0.2, 0.25) is 0 Å². The molecule has 92 valence electrons. The van der Waals surface area contributed by atoms with Gasteiger partial charge in [-0.1, -0.05) is 0 Å². The van der Waals surface area contributed by atoms with E-state index in [2.05, 4.69) is 33.8 Å². The standard InChI is InChI=1S/C17H12OSe/c19-17-12-15(13-7-3-1-4-8-13)11-16(18-17)14-9-5-2-6-10-14/h1-12H. The van der Waals surface area contributed by atoms with Crippen molar-refractivity contribution in [3.05, 3.63) is 77.1 Å². The first-order valence-corrected chi connectivity index (χ1v) is 6.94. The summed E-state index contributed by atoms with van der Waals surface area (Å²) in [4.78, 5) is 0. The number of hydrogen-bond donors (Lipinski definition) is 0. The fourth-order valence-corrected chi connectivity index (χ4v) is 2.47. The molecule has 0 saturated heterocycles. The Morgan fingerprint density at radius 2 is 1.21 bits per heavy atom. The third-order valence-electron chi connectivity index (χ3n) is 2.94. The second kappa shape index (κ2) is 5.39. The van der Waals surface area contributed by atoms with Gasteiger partial charge < -0.3 is 0 Å². The van der Waals surface area contributed by atoms with E-state index in [0.717, 1.165) is 21.1 Å². The van der Waals surface area contributed by atoms with Gasteiger partial charge in [0.1, 0.15) is 0 Å². The Morgan fingerprint density at radius 1 is 0.632 bits per heavy atom. The van der Waals surface area contributed by atoms with Crippen LogP contribution in [0.15, 0.2) is 77.2 Å². The quantitative estimate of drug-likeness (QED) is 0.643. The topological polar surface area (TPSA) is 13.1 Å². The molecular weight excluding hydrogens is 299 g/mol. The second-order valence-electron chi connectivity index (χ2n) is 4.26. The molecule has 1 aromatic heterocycles. The van der Waals surface area contributed by atoms with Crippen molar-refractivity contribution >= 4 is 15.6 Å². The zero-order valence-electron chi connectivity index (χ0n) is 10.2. The van der Waals surface area contributed by atoms with Crippen molar-refractivity contribution < 1.29 is 4.42 Å².